The van der Waals surface area contributed by atoms with E-state index in [1.807, 2.05) is 0 Å². The van der Waals surface area contributed by atoms with Crippen molar-refractivity contribution in [3.8, 4) is 0 Å². The van der Waals surface area contributed by atoms with Gasteiger partial charge in [-0.3, -0.25) is 14.4 Å². The first kappa shape index (κ1) is 76.1. The molecule has 6 nitrogen and oxygen atoms in total. The van der Waals surface area contributed by atoms with Crippen LogP contribution in [-0.4, -0.2) is 37.2 Å². The Morgan fingerprint density at radius 3 is 0.775 bits per heavy atom. The van der Waals surface area contributed by atoms with Crippen molar-refractivity contribution in [2.75, 3.05) is 13.2 Å². The van der Waals surface area contributed by atoms with Crippen LogP contribution in [0.25, 0.3) is 0 Å². The van der Waals surface area contributed by atoms with E-state index in [9.17, 15) is 14.4 Å². The predicted octanol–water partition coefficient (Wildman–Crippen LogP) is 23.4. The van der Waals surface area contributed by atoms with Gasteiger partial charge in [0.05, 0.1) is 0 Å². The summed E-state index contributed by atoms with van der Waals surface area (Å²) in [4.78, 5) is 38.2. The van der Waals surface area contributed by atoms with Crippen molar-refractivity contribution in [1.82, 2.24) is 0 Å². The molecule has 0 bridgehead atoms. The summed E-state index contributed by atoms with van der Waals surface area (Å²) in [5, 5.41) is 0. The second kappa shape index (κ2) is 67.6. The maximum atomic E-state index is 12.9. The van der Waals surface area contributed by atoms with Gasteiger partial charge in [0, 0.05) is 19.3 Å². The summed E-state index contributed by atoms with van der Waals surface area (Å²) in [6.45, 7) is 6.51. The van der Waals surface area contributed by atoms with E-state index in [-0.39, 0.29) is 31.1 Å². The number of rotatable bonds is 61. The van der Waals surface area contributed by atoms with Crippen LogP contribution in [0.2, 0.25) is 0 Å². The molecule has 0 saturated heterocycles. The molecule has 0 aliphatic rings. The summed E-state index contributed by atoms with van der Waals surface area (Å²) in [6.07, 6.45) is 92.6. The van der Waals surface area contributed by atoms with Crippen LogP contribution in [0.4, 0.5) is 0 Å². The Labute approximate surface area is 495 Å². The Morgan fingerprint density at radius 2 is 0.487 bits per heavy atom. The molecule has 6 heteroatoms. The van der Waals surface area contributed by atoms with Crippen LogP contribution in [0.5, 0.6) is 0 Å². The van der Waals surface area contributed by atoms with Crippen LogP contribution in [-0.2, 0) is 28.6 Å². The van der Waals surface area contributed by atoms with E-state index in [1.54, 1.807) is 0 Å². The van der Waals surface area contributed by atoms with Gasteiger partial charge in [-0.2, -0.15) is 0 Å². The third-order valence-electron chi connectivity index (χ3n) is 14.5. The largest absolute Gasteiger partial charge is 0.462 e. The fourth-order valence-electron chi connectivity index (χ4n) is 9.45. The van der Waals surface area contributed by atoms with Crippen molar-refractivity contribution in [3.05, 3.63) is 109 Å². The average molecular weight is 1110 g/mol. The van der Waals surface area contributed by atoms with Gasteiger partial charge < -0.3 is 14.2 Å². The number of ether oxygens (including phenoxy) is 3. The van der Waals surface area contributed by atoms with Gasteiger partial charge in [0.1, 0.15) is 13.2 Å². The Balaban J connectivity index is 4.17. The molecule has 0 amide bonds. The highest BCUT2D eigenvalue weighted by atomic mass is 16.6. The lowest BCUT2D eigenvalue weighted by molar-refractivity contribution is -0.167. The van der Waals surface area contributed by atoms with Crippen molar-refractivity contribution < 1.29 is 28.6 Å². The standard InChI is InChI=1S/C74H126O6/c1-4-7-10-13-16-19-21-23-25-27-29-31-32-33-34-35-36-37-38-39-40-41-42-44-45-47-49-51-53-55-58-61-64-67-73(76)79-70-71(69-78-72(75)66-63-60-57-18-15-12-9-6-3)80-74(77)68-65-62-59-56-54-52-50-48-46-43-30-28-26-24-22-20-17-14-11-8-5-2/h7,10,16,19,23,25,28-31,33-34,36-37,39-40,42,44,71H,4-6,8-9,11-15,17-18,20-22,24,26-27,32,35,38,41,43,45-70H2,1-3H3/b10-7-,19-16-,25-23-,30-28-,31-29-,34-33-,37-36-,40-39-,44-42-. The summed E-state index contributed by atoms with van der Waals surface area (Å²) in [6, 6.07) is 0. The van der Waals surface area contributed by atoms with Gasteiger partial charge in [-0.1, -0.05) is 304 Å². The zero-order valence-electron chi connectivity index (χ0n) is 52.6. The summed E-state index contributed by atoms with van der Waals surface area (Å²) in [5.74, 6) is -0.885. The minimum Gasteiger partial charge on any atom is -0.462 e. The van der Waals surface area contributed by atoms with Gasteiger partial charge in [-0.05, 0) is 109 Å². The topological polar surface area (TPSA) is 78.9 Å². The lowest BCUT2D eigenvalue weighted by Gasteiger charge is -2.18. The molecule has 0 spiro atoms. The quantitative estimate of drug-likeness (QED) is 0.0261. The second-order valence-electron chi connectivity index (χ2n) is 22.4. The summed E-state index contributed by atoms with van der Waals surface area (Å²) in [7, 11) is 0. The van der Waals surface area contributed by atoms with Crippen LogP contribution < -0.4 is 0 Å². The van der Waals surface area contributed by atoms with Crippen LogP contribution in [0, 0.1) is 0 Å². The van der Waals surface area contributed by atoms with E-state index in [0.717, 1.165) is 116 Å². The zero-order chi connectivity index (χ0) is 57.8. The van der Waals surface area contributed by atoms with Gasteiger partial charge in [-0.15, -0.1) is 0 Å². The molecule has 458 valence electrons. The molecule has 80 heavy (non-hydrogen) atoms. The predicted molar refractivity (Wildman–Crippen MR) is 348 cm³/mol. The number of carbonyl (C=O) groups is 3. The van der Waals surface area contributed by atoms with Crippen molar-refractivity contribution in [2.45, 2.75) is 329 Å². The molecule has 1 atom stereocenters. The van der Waals surface area contributed by atoms with E-state index < -0.39 is 6.10 Å². The first-order chi connectivity index (χ1) is 39.5. The minimum atomic E-state index is -0.781. The fourth-order valence-corrected chi connectivity index (χ4v) is 9.45. The number of esters is 3. The lowest BCUT2D eigenvalue weighted by atomic mass is 10.1. The summed E-state index contributed by atoms with van der Waals surface area (Å²) in [5.41, 5.74) is 0. The molecule has 0 heterocycles. The third kappa shape index (κ3) is 64.9. The monoisotopic (exact) mass is 1110 g/mol. The van der Waals surface area contributed by atoms with Crippen LogP contribution in [0.1, 0.15) is 323 Å². The SMILES string of the molecule is CC/C=C\C/C=C\C/C=C\C/C=C\C/C=C\C/C=C\C/C=C\C/C=C\CCCCCCCCCCC(=O)OCC(COC(=O)CCCCCCCCCC)OC(=O)CCCCCCCCCCC/C=C\CCCCCCCCCC. The molecule has 0 radical (unpaired) electrons. The first-order valence-corrected chi connectivity index (χ1v) is 33.9. The molecule has 0 aromatic carbocycles. The van der Waals surface area contributed by atoms with E-state index in [0.29, 0.717) is 19.3 Å². The summed E-state index contributed by atoms with van der Waals surface area (Å²) < 4.78 is 16.9. The zero-order valence-corrected chi connectivity index (χ0v) is 52.6. The molecule has 0 aromatic heterocycles. The van der Waals surface area contributed by atoms with Gasteiger partial charge in [0.2, 0.25) is 0 Å². The maximum Gasteiger partial charge on any atom is 0.306 e. The third-order valence-corrected chi connectivity index (χ3v) is 14.5. The van der Waals surface area contributed by atoms with Gasteiger partial charge in [-0.25, -0.2) is 0 Å². The van der Waals surface area contributed by atoms with E-state index in [1.165, 1.54) is 167 Å². The Morgan fingerprint density at radius 1 is 0.263 bits per heavy atom. The fraction of sp³-hybridized carbons (Fsp3) is 0.716. The van der Waals surface area contributed by atoms with Gasteiger partial charge in [0.15, 0.2) is 6.10 Å². The highest BCUT2D eigenvalue weighted by molar-refractivity contribution is 5.71. The average Bonchev–Trinajstić information content (AvgIpc) is 3.46. The number of hydrogen-bond donors (Lipinski definition) is 0. The molecule has 0 saturated carbocycles. The van der Waals surface area contributed by atoms with Crippen LogP contribution >= 0.6 is 0 Å². The molecule has 1 unspecified atom stereocenters. The van der Waals surface area contributed by atoms with Gasteiger partial charge >= 0.3 is 17.9 Å². The Kier molecular flexibility index (Phi) is 64.3. The van der Waals surface area contributed by atoms with Gasteiger partial charge in [0.25, 0.3) is 0 Å². The van der Waals surface area contributed by atoms with Crippen LogP contribution in [0.15, 0.2) is 109 Å². The Hall–Kier alpha value is -3.93. The molecule has 0 fully saturated rings. The normalized spacial score (nSPS) is 12.8. The molecule has 0 N–H and O–H groups in total. The second-order valence-corrected chi connectivity index (χ2v) is 22.4. The molecule has 0 aliphatic carbocycles. The van der Waals surface area contributed by atoms with Crippen molar-refractivity contribution >= 4 is 17.9 Å². The molecule has 0 rings (SSSR count). The van der Waals surface area contributed by atoms with E-state index in [2.05, 4.69) is 130 Å². The first-order valence-electron chi connectivity index (χ1n) is 33.9. The smallest absolute Gasteiger partial charge is 0.306 e. The summed E-state index contributed by atoms with van der Waals surface area (Å²) >= 11 is 0. The number of carbonyl (C=O) groups excluding carboxylic acids is 3. The van der Waals surface area contributed by atoms with E-state index >= 15 is 0 Å². The molecular formula is C74H126O6. The van der Waals surface area contributed by atoms with E-state index in [4.69, 9.17) is 14.2 Å². The highest BCUT2D eigenvalue weighted by Crippen LogP contribution is 2.16. The lowest BCUT2D eigenvalue weighted by Crippen LogP contribution is -2.30. The number of unbranched alkanes of at least 4 members (excludes halogenated alkanes) is 32. The van der Waals surface area contributed by atoms with Crippen molar-refractivity contribution in [2.24, 2.45) is 0 Å². The molecule has 0 aromatic rings. The van der Waals surface area contributed by atoms with Crippen molar-refractivity contribution in [3.63, 3.8) is 0 Å². The highest BCUT2D eigenvalue weighted by Gasteiger charge is 2.19. The minimum absolute atomic E-state index is 0.0790. The number of allylic oxidation sites excluding steroid dienone is 18. The van der Waals surface area contributed by atoms with Crippen LogP contribution in [0.3, 0.4) is 0 Å². The van der Waals surface area contributed by atoms with Crippen molar-refractivity contribution in [1.29, 1.82) is 0 Å². The Bertz CT molecular complexity index is 1610. The molecular weight excluding hydrogens is 985 g/mol. The molecule has 0 aliphatic heterocycles. The maximum absolute atomic E-state index is 12.9. The number of hydrogen-bond acceptors (Lipinski definition) is 6.